The Hall–Kier alpha value is -1.38. The normalized spacial score (nSPS) is 10.3. The molecule has 1 aromatic rings. The lowest BCUT2D eigenvalue weighted by Gasteiger charge is -2.05. The molecule has 0 amide bonds. The number of carbonyl (C=O) groups is 1. The third-order valence-corrected chi connectivity index (χ3v) is 2.58. The predicted molar refractivity (Wildman–Crippen MR) is 65.6 cm³/mol. The predicted octanol–water partition coefficient (Wildman–Crippen LogP) is 3.87. The van der Waals surface area contributed by atoms with Crippen LogP contribution in [0.4, 0.5) is 4.39 Å². The molecule has 0 aromatic heterocycles. The van der Waals surface area contributed by atoms with Crippen molar-refractivity contribution in [1.82, 2.24) is 0 Å². The average Bonchev–Trinajstić information content (AvgIpc) is 2.28. The van der Waals surface area contributed by atoms with Gasteiger partial charge in [-0.1, -0.05) is 32.3 Å². The van der Waals surface area contributed by atoms with Gasteiger partial charge in [-0.15, -0.1) is 0 Å². The fraction of sp³-hybridized carbons (Fsp3) is 0.500. The van der Waals surface area contributed by atoms with Crippen molar-refractivity contribution in [2.75, 3.05) is 6.61 Å². The zero-order valence-electron chi connectivity index (χ0n) is 10.5. The van der Waals surface area contributed by atoms with Gasteiger partial charge in [0.2, 0.25) is 0 Å². The molecule has 0 saturated carbocycles. The van der Waals surface area contributed by atoms with Gasteiger partial charge < -0.3 is 4.74 Å². The molecule has 17 heavy (non-hydrogen) atoms. The topological polar surface area (TPSA) is 26.3 Å². The van der Waals surface area contributed by atoms with Gasteiger partial charge in [0.25, 0.3) is 0 Å². The number of carbonyl (C=O) groups excluding carboxylic acids is 1. The zero-order chi connectivity index (χ0) is 12.7. The number of benzene rings is 1. The second kappa shape index (κ2) is 7.05. The standard InChI is InChI=1S/C14H19FO2/c1-3-4-5-6-9-17-14(16)12-8-7-11(2)10-13(12)15/h7-8,10H,3-6,9H2,1-2H3. The van der Waals surface area contributed by atoms with E-state index >= 15 is 0 Å². The Balaban J connectivity index is 2.42. The van der Waals surface area contributed by atoms with Gasteiger partial charge in [0, 0.05) is 0 Å². The van der Waals surface area contributed by atoms with E-state index in [9.17, 15) is 9.18 Å². The Bertz CT molecular complexity index is 374. The maximum Gasteiger partial charge on any atom is 0.341 e. The van der Waals surface area contributed by atoms with Crippen LogP contribution in [0.15, 0.2) is 18.2 Å². The first kappa shape index (κ1) is 13.7. The number of halogens is 1. The molecule has 0 radical (unpaired) electrons. The fourth-order valence-corrected chi connectivity index (χ4v) is 1.56. The van der Waals surface area contributed by atoms with Gasteiger partial charge in [-0.3, -0.25) is 0 Å². The number of esters is 1. The van der Waals surface area contributed by atoms with Crippen molar-refractivity contribution in [1.29, 1.82) is 0 Å². The highest BCUT2D eigenvalue weighted by molar-refractivity contribution is 5.89. The summed E-state index contributed by atoms with van der Waals surface area (Å²) >= 11 is 0. The third kappa shape index (κ3) is 4.55. The molecule has 94 valence electrons. The van der Waals surface area contributed by atoms with Crippen LogP contribution in [0.5, 0.6) is 0 Å². The second-order valence-corrected chi connectivity index (χ2v) is 4.18. The number of aryl methyl sites for hydroxylation is 1. The van der Waals surface area contributed by atoms with Crippen LogP contribution in [-0.2, 0) is 4.74 Å². The summed E-state index contributed by atoms with van der Waals surface area (Å²) in [4.78, 5) is 11.5. The van der Waals surface area contributed by atoms with Gasteiger partial charge in [-0.2, -0.15) is 0 Å². The SMILES string of the molecule is CCCCCCOC(=O)c1ccc(C)cc1F. The van der Waals surface area contributed by atoms with Gasteiger partial charge >= 0.3 is 5.97 Å². The molecule has 0 aliphatic heterocycles. The van der Waals surface area contributed by atoms with E-state index < -0.39 is 11.8 Å². The summed E-state index contributed by atoms with van der Waals surface area (Å²) in [5.74, 6) is -1.08. The van der Waals surface area contributed by atoms with E-state index in [1.54, 1.807) is 13.0 Å². The molecule has 1 aromatic carbocycles. The molecule has 0 spiro atoms. The quantitative estimate of drug-likeness (QED) is 0.555. The summed E-state index contributed by atoms with van der Waals surface area (Å²) in [6, 6.07) is 4.52. The highest BCUT2D eigenvalue weighted by atomic mass is 19.1. The Morgan fingerprint density at radius 2 is 2.06 bits per heavy atom. The second-order valence-electron chi connectivity index (χ2n) is 4.18. The Kier molecular flexibility index (Phi) is 5.67. The van der Waals surface area contributed by atoms with Gasteiger partial charge in [0.15, 0.2) is 0 Å². The molecule has 3 heteroatoms. The van der Waals surface area contributed by atoms with Crippen molar-refractivity contribution in [3.8, 4) is 0 Å². The minimum Gasteiger partial charge on any atom is -0.462 e. The number of rotatable bonds is 6. The van der Waals surface area contributed by atoms with Crippen molar-refractivity contribution < 1.29 is 13.9 Å². The molecule has 0 bridgehead atoms. The lowest BCUT2D eigenvalue weighted by molar-refractivity contribution is 0.0492. The minimum atomic E-state index is -0.570. The molecule has 0 saturated heterocycles. The average molecular weight is 238 g/mol. The van der Waals surface area contributed by atoms with E-state index in [2.05, 4.69) is 6.92 Å². The largest absolute Gasteiger partial charge is 0.462 e. The highest BCUT2D eigenvalue weighted by Crippen LogP contribution is 2.11. The number of ether oxygens (including phenoxy) is 1. The van der Waals surface area contributed by atoms with Crippen molar-refractivity contribution in [3.05, 3.63) is 35.1 Å². The first-order chi connectivity index (χ1) is 8.15. The summed E-state index contributed by atoms with van der Waals surface area (Å²) in [7, 11) is 0. The molecular weight excluding hydrogens is 219 g/mol. The highest BCUT2D eigenvalue weighted by Gasteiger charge is 2.12. The van der Waals surface area contributed by atoms with E-state index in [1.165, 1.54) is 12.1 Å². The molecule has 0 heterocycles. The van der Waals surface area contributed by atoms with Gasteiger partial charge in [-0.25, -0.2) is 9.18 Å². The van der Waals surface area contributed by atoms with E-state index in [0.717, 1.165) is 31.2 Å². The Labute approximate surface area is 102 Å². The van der Waals surface area contributed by atoms with Crippen molar-refractivity contribution >= 4 is 5.97 Å². The summed E-state index contributed by atoms with van der Waals surface area (Å²) in [6.07, 6.45) is 4.16. The molecular formula is C14H19FO2. The third-order valence-electron chi connectivity index (χ3n) is 2.58. The first-order valence-electron chi connectivity index (χ1n) is 6.08. The van der Waals surface area contributed by atoms with Crippen LogP contribution in [0.2, 0.25) is 0 Å². The monoisotopic (exact) mass is 238 g/mol. The van der Waals surface area contributed by atoms with Crippen LogP contribution in [0.3, 0.4) is 0 Å². The van der Waals surface area contributed by atoms with E-state index in [1.807, 2.05) is 0 Å². The molecule has 0 N–H and O–H groups in total. The molecule has 1 rings (SSSR count). The van der Waals surface area contributed by atoms with Crippen LogP contribution in [0.1, 0.15) is 48.5 Å². The van der Waals surface area contributed by atoms with Crippen LogP contribution in [-0.4, -0.2) is 12.6 Å². The van der Waals surface area contributed by atoms with E-state index in [4.69, 9.17) is 4.74 Å². The summed E-state index contributed by atoms with van der Waals surface area (Å²) < 4.78 is 18.4. The molecule has 0 atom stereocenters. The molecule has 2 nitrogen and oxygen atoms in total. The fourth-order valence-electron chi connectivity index (χ4n) is 1.56. The van der Waals surface area contributed by atoms with Crippen LogP contribution >= 0.6 is 0 Å². The Morgan fingerprint density at radius 1 is 1.29 bits per heavy atom. The molecule has 0 aliphatic carbocycles. The number of unbranched alkanes of at least 4 members (excludes halogenated alkanes) is 3. The summed E-state index contributed by atoms with van der Waals surface area (Å²) in [6.45, 7) is 4.27. The lowest BCUT2D eigenvalue weighted by atomic mass is 10.1. The molecule has 0 aliphatic rings. The zero-order valence-corrected chi connectivity index (χ0v) is 10.5. The van der Waals surface area contributed by atoms with E-state index in [0.29, 0.717) is 6.61 Å². The smallest absolute Gasteiger partial charge is 0.341 e. The maximum atomic E-state index is 13.4. The number of hydrogen-bond acceptors (Lipinski definition) is 2. The van der Waals surface area contributed by atoms with Gasteiger partial charge in [0.05, 0.1) is 12.2 Å². The first-order valence-corrected chi connectivity index (χ1v) is 6.08. The van der Waals surface area contributed by atoms with Crippen molar-refractivity contribution in [3.63, 3.8) is 0 Å². The van der Waals surface area contributed by atoms with Gasteiger partial charge in [-0.05, 0) is 31.0 Å². The lowest BCUT2D eigenvalue weighted by Crippen LogP contribution is -2.08. The summed E-state index contributed by atoms with van der Waals surface area (Å²) in [5, 5.41) is 0. The minimum absolute atomic E-state index is 0.0195. The molecule has 0 fully saturated rings. The summed E-state index contributed by atoms with van der Waals surface area (Å²) in [5.41, 5.74) is 0.813. The van der Waals surface area contributed by atoms with Crippen molar-refractivity contribution in [2.45, 2.75) is 39.5 Å². The van der Waals surface area contributed by atoms with Crippen LogP contribution in [0, 0.1) is 12.7 Å². The van der Waals surface area contributed by atoms with Crippen LogP contribution < -0.4 is 0 Å². The Morgan fingerprint density at radius 3 is 2.71 bits per heavy atom. The van der Waals surface area contributed by atoms with Crippen LogP contribution in [0.25, 0.3) is 0 Å². The van der Waals surface area contributed by atoms with Gasteiger partial charge in [0.1, 0.15) is 5.82 Å². The maximum absolute atomic E-state index is 13.4. The van der Waals surface area contributed by atoms with Crippen molar-refractivity contribution in [2.24, 2.45) is 0 Å². The van der Waals surface area contributed by atoms with E-state index in [-0.39, 0.29) is 5.56 Å². The molecule has 0 unspecified atom stereocenters. The number of hydrogen-bond donors (Lipinski definition) is 0.